The van der Waals surface area contributed by atoms with E-state index in [-0.39, 0.29) is 18.4 Å². The van der Waals surface area contributed by atoms with E-state index in [1.165, 1.54) is 0 Å². The number of rotatable bonds is 1. The third-order valence-electron chi connectivity index (χ3n) is 0.420. The smallest absolute Gasteiger partial charge is 0.324 e. The zero-order valence-electron chi connectivity index (χ0n) is 4.01. The highest BCUT2D eigenvalue weighted by atomic mass is 35.5. The second kappa shape index (κ2) is 5.72. The molecule has 0 rings (SSSR count). The summed E-state index contributed by atoms with van der Waals surface area (Å²) in [6, 6.07) is 0. The van der Waals surface area contributed by atoms with Crippen molar-refractivity contribution >= 4 is 18.4 Å². The van der Waals surface area contributed by atoms with Crippen LogP contribution in [0.1, 0.15) is 13.3 Å². The molecular formula is C3H8ClNO2. The molecule has 0 saturated carbocycles. The van der Waals surface area contributed by atoms with E-state index in [0.717, 1.165) is 0 Å². The Hall–Kier alpha value is -0.280. The Kier molecular flexibility index (Phi) is 8.06. The lowest BCUT2D eigenvalue weighted by atomic mass is 10.5. The predicted octanol–water partition coefficient (Wildman–Crippen LogP) is 0.235. The lowest BCUT2D eigenvalue weighted by Crippen LogP contribution is -2.07. The number of carbonyl (C=O) groups excluding carboxylic acids is 1. The summed E-state index contributed by atoms with van der Waals surface area (Å²) in [6.45, 7) is 1.68. The fourth-order valence-corrected chi connectivity index (χ4v) is 0.0833. The highest BCUT2D eigenvalue weighted by molar-refractivity contribution is 5.85. The molecular weight excluding hydrogens is 117 g/mol. The fraction of sp³-hybridized carbons (Fsp3) is 0.667. The average Bonchev–Trinajstić information content (AvgIpc) is 1.65. The SMILES string of the molecule is CCC(=O)ON.Cl. The van der Waals surface area contributed by atoms with Crippen LogP contribution in [0.15, 0.2) is 0 Å². The zero-order valence-corrected chi connectivity index (χ0v) is 4.83. The molecule has 0 heterocycles. The second-order valence-electron chi connectivity index (χ2n) is 0.843. The monoisotopic (exact) mass is 125 g/mol. The van der Waals surface area contributed by atoms with Crippen LogP contribution < -0.4 is 5.90 Å². The van der Waals surface area contributed by atoms with Gasteiger partial charge in [0.15, 0.2) is 0 Å². The van der Waals surface area contributed by atoms with Crippen molar-refractivity contribution in [3.63, 3.8) is 0 Å². The quantitative estimate of drug-likeness (QED) is 0.511. The Morgan fingerprint density at radius 3 is 2.29 bits per heavy atom. The van der Waals surface area contributed by atoms with E-state index in [0.29, 0.717) is 6.42 Å². The Morgan fingerprint density at radius 2 is 2.29 bits per heavy atom. The molecule has 0 radical (unpaired) electrons. The minimum atomic E-state index is -0.380. The van der Waals surface area contributed by atoms with Gasteiger partial charge in [0.05, 0.1) is 0 Å². The first-order valence-corrected chi connectivity index (χ1v) is 1.70. The van der Waals surface area contributed by atoms with Crippen LogP contribution in [0.3, 0.4) is 0 Å². The first kappa shape index (κ1) is 9.87. The molecule has 0 aliphatic heterocycles. The van der Waals surface area contributed by atoms with Gasteiger partial charge in [0.25, 0.3) is 0 Å². The highest BCUT2D eigenvalue weighted by Crippen LogP contribution is 1.73. The minimum absolute atomic E-state index is 0. The summed E-state index contributed by atoms with van der Waals surface area (Å²) in [5.74, 6) is 4.05. The number of nitrogens with two attached hydrogens (primary N) is 1. The van der Waals surface area contributed by atoms with Crippen LogP contribution in [0, 0.1) is 0 Å². The zero-order chi connectivity index (χ0) is 4.99. The molecule has 4 heteroatoms. The Bertz CT molecular complexity index is 50.9. The summed E-state index contributed by atoms with van der Waals surface area (Å²) in [5, 5.41) is 0. The maximum atomic E-state index is 9.83. The minimum Gasteiger partial charge on any atom is -0.373 e. The van der Waals surface area contributed by atoms with Crippen molar-refractivity contribution in [1.82, 2.24) is 0 Å². The maximum Gasteiger partial charge on any atom is 0.324 e. The topological polar surface area (TPSA) is 52.3 Å². The molecule has 0 aliphatic carbocycles. The average molecular weight is 126 g/mol. The Balaban J connectivity index is 0. The van der Waals surface area contributed by atoms with Gasteiger partial charge in [-0.2, -0.15) is 5.90 Å². The van der Waals surface area contributed by atoms with Crippen LogP contribution in [0.5, 0.6) is 0 Å². The fourth-order valence-electron chi connectivity index (χ4n) is 0.0833. The summed E-state index contributed by atoms with van der Waals surface area (Å²) in [7, 11) is 0. The Morgan fingerprint density at radius 1 is 1.86 bits per heavy atom. The summed E-state index contributed by atoms with van der Waals surface area (Å²) in [6.07, 6.45) is 0.344. The number of hydrogen-bond donors (Lipinski definition) is 1. The molecule has 0 fully saturated rings. The standard InChI is InChI=1S/C3H7NO2.ClH/c1-2-3(5)6-4;/h2,4H2,1H3;1H. The second-order valence-corrected chi connectivity index (χ2v) is 0.843. The van der Waals surface area contributed by atoms with Crippen LogP contribution in [0.2, 0.25) is 0 Å². The lowest BCUT2D eigenvalue weighted by molar-refractivity contribution is -0.143. The summed E-state index contributed by atoms with van der Waals surface area (Å²) >= 11 is 0. The van der Waals surface area contributed by atoms with Crippen molar-refractivity contribution in [2.45, 2.75) is 13.3 Å². The van der Waals surface area contributed by atoms with Gasteiger partial charge in [-0.3, -0.25) is 4.79 Å². The van der Waals surface area contributed by atoms with Gasteiger partial charge in [-0.1, -0.05) is 6.92 Å². The molecule has 0 bridgehead atoms. The van der Waals surface area contributed by atoms with E-state index in [9.17, 15) is 4.79 Å². The Labute approximate surface area is 48.2 Å². The van der Waals surface area contributed by atoms with Crippen molar-refractivity contribution in [2.75, 3.05) is 0 Å². The van der Waals surface area contributed by atoms with Crippen molar-refractivity contribution in [3.8, 4) is 0 Å². The van der Waals surface area contributed by atoms with Crippen LogP contribution in [0.25, 0.3) is 0 Å². The number of halogens is 1. The van der Waals surface area contributed by atoms with E-state index in [4.69, 9.17) is 0 Å². The number of hydrogen-bond acceptors (Lipinski definition) is 3. The van der Waals surface area contributed by atoms with Gasteiger partial charge in [-0.05, 0) is 0 Å². The molecule has 0 aromatic rings. The first-order chi connectivity index (χ1) is 2.81. The largest absolute Gasteiger partial charge is 0.373 e. The predicted molar refractivity (Wildman–Crippen MR) is 27.8 cm³/mol. The molecule has 7 heavy (non-hydrogen) atoms. The maximum absolute atomic E-state index is 9.83. The third-order valence-corrected chi connectivity index (χ3v) is 0.420. The molecule has 3 nitrogen and oxygen atoms in total. The van der Waals surface area contributed by atoms with Crippen molar-refractivity contribution in [1.29, 1.82) is 0 Å². The van der Waals surface area contributed by atoms with Crippen molar-refractivity contribution in [2.24, 2.45) is 5.90 Å². The lowest BCUT2D eigenvalue weighted by Gasteiger charge is -1.85. The van der Waals surface area contributed by atoms with Gasteiger partial charge >= 0.3 is 5.97 Å². The third kappa shape index (κ3) is 5.72. The van der Waals surface area contributed by atoms with Crippen LogP contribution in [0.4, 0.5) is 0 Å². The van der Waals surface area contributed by atoms with Gasteiger partial charge in [0.2, 0.25) is 0 Å². The van der Waals surface area contributed by atoms with Gasteiger partial charge in [-0.25, -0.2) is 0 Å². The van der Waals surface area contributed by atoms with Crippen LogP contribution >= 0.6 is 12.4 Å². The molecule has 0 unspecified atom stereocenters. The van der Waals surface area contributed by atoms with Crippen LogP contribution in [-0.2, 0) is 9.63 Å². The first-order valence-electron chi connectivity index (χ1n) is 1.70. The summed E-state index contributed by atoms with van der Waals surface area (Å²) in [5.41, 5.74) is 0. The van der Waals surface area contributed by atoms with Gasteiger partial charge in [0, 0.05) is 6.42 Å². The molecule has 0 spiro atoms. The van der Waals surface area contributed by atoms with Gasteiger partial charge in [0.1, 0.15) is 0 Å². The molecule has 0 aromatic heterocycles. The van der Waals surface area contributed by atoms with Crippen LogP contribution in [-0.4, -0.2) is 5.97 Å². The molecule has 0 amide bonds. The van der Waals surface area contributed by atoms with E-state index < -0.39 is 0 Å². The number of carbonyl (C=O) groups is 1. The summed E-state index contributed by atoms with van der Waals surface area (Å²) in [4.78, 5) is 13.6. The molecule has 0 aliphatic rings. The van der Waals surface area contributed by atoms with Crippen molar-refractivity contribution < 1.29 is 9.63 Å². The molecule has 2 N–H and O–H groups in total. The van der Waals surface area contributed by atoms with E-state index in [1.807, 2.05) is 0 Å². The highest BCUT2D eigenvalue weighted by Gasteiger charge is 1.88. The molecule has 0 saturated heterocycles. The van der Waals surface area contributed by atoms with Gasteiger partial charge < -0.3 is 4.84 Å². The molecule has 0 atom stereocenters. The summed E-state index contributed by atoms with van der Waals surface area (Å²) < 4.78 is 0. The van der Waals surface area contributed by atoms with E-state index in [2.05, 4.69) is 10.7 Å². The molecule has 0 aromatic carbocycles. The van der Waals surface area contributed by atoms with Crippen molar-refractivity contribution in [3.05, 3.63) is 0 Å². The van der Waals surface area contributed by atoms with Gasteiger partial charge in [-0.15, -0.1) is 12.4 Å². The normalized spacial score (nSPS) is 6.57. The van der Waals surface area contributed by atoms with E-state index >= 15 is 0 Å². The molecule has 44 valence electrons. The van der Waals surface area contributed by atoms with E-state index in [1.54, 1.807) is 6.92 Å².